The number of aliphatic hydroxyl groups excluding tert-OH is 1. The monoisotopic (exact) mass is 372 g/mol. The fourth-order valence-electron chi connectivity index (χ4n) is 7.89. The molecule has 3 heteroatoms. The van der Waals surface area contributed by atoms with Crippen molar-refractivity contribution in [2.24, 2.45) is 28.6 Å². The van der Waals surface area contributed by atoms with Gasteiger partial charge in [0.1, 0.15) is 6.10 Å². The van der Waals surface area contributed by atoms with Crippen LogP contribution in [0.15, 0.2) is 23.3 Å². The van der Waals surface area contributed by atoms with E-state index in [-0.39, 0.29) is 29.1 Å². The highest BCUT2D eigenvalue weighted by atomic mass is 16.8. The molecule has 2 saturated carbocycles. The molecule has 8 atom stereocenters. The van der Waals surface area contributed by atoms with Crippen LogP contribution in [0.25, 0.3) is 0 Å². The molecule has 0 amide bonds. The van der Waals surface area contributed by atoms with Crippen LogP contribution in [0.5, 0.6) is 0 Å². The molecule has 5 rings (SSSR count). The summed E-state index contributed by atoms with van der Waals surface area (Å²) in [5.41, 5.74) is 3.30. The van der Waals surface area contributed by atoms with Crippen molar-refractivity contribution in [3.8, 4) is 0 Å². The third kappa shape index (κ3) is 2.44. The van der Waals surface area contributed by atoms with Gasteiger partial charge < -0.3 is 14.6 Å². The molecule has 5 aliphatic rings. The predicted octanol–water partition coefficient (Wildman–Crippen LogP) is 5.00. The van der Waals surface area contributed by atoms with Gasteiger partial charge in [0.2, 0.25) is 0 Å². The second kappa shape index (κ2) is 5.70. The lowest BCUT2D eigenvalue weighted by atomic mass is 9.47. The van der Waals surface area contributed by atoms with E-state index in [1.807, 2.05) is 6.92 Å². The zero-order valence-corrected chi connectivity index (χ0v) is 17.6. The molecule has 4 aliphatic carbocycles. The van der Waals surface area contributed by atoms with E-state index < -0.39 is 5.79 Å². The molecule has 0 aromatic carbocycles. The molecule has 1 unspecified atom stereocenters. The van der Waals surface area contributed by atoms with Crippen LogP contribution in [-0.2, 0) is 9.47 Å². The van der Waals surface area contributed by atoms with E-state index in [1.54, 1.807) is 0 Å². The molecule has 0 aromatic rings. The van der Waals surface area contributed by atoms with E-state index in [2.05, 4.69) is 39.8 Å². The molecule has 3 fully saturated rings. The number of hydrogen-bond acceptors (Lipinski definition) is 3. The van der Waals surface area contributed by atoms with Crippen molar-refractivity contribution in [2.45, 2.75) is 97.2 Å². The fourth-order valence-corrected chi connectivity index (χ4v) is 7.89. The maximum atomic E-state index is 10.3. The fraction of sp³-hybridized carbons (Fsp3) is 0.833. The molecule has 0 bridgehead atoms. The zero-order valence-electron chi connectivity index (χ0n) is 17.6. The lowest BCUT2D eigenvalue weighted by Crippen LogP contribution is -2.53. The number of rotatable bonds is 1. The van der Waals surface area contributed by atoms with Crippen LogP contribution in [0, 0.1) is 28.6 Å². The molecule has 3 nitrogen and oxygen atoms in total. The summed E-state index contributed by atoms with van der Waals surface area (Å²) >= 11 is 0. The van der Waals surface area contributed by atoms with E-state index in [1.165, 1.54) is 36.8 Å². The average Bonchev–Trinajstić information content (AvgIpc) is 3.09. The van der Waals surface area contributed by atoms with Gasteiger partial charge in [-0.3, -0.25) is 0 Å². The second-order valence-corrected chi connectivity index (χ2v) is 10.9. The first-order chi connectivity index (χ1) is 12.7. The third-order valence-electron chi connectivity index (χ3n) is 9.05. The standard InChI is InChI=1S/C24H36O3/c1-14(25)16-8-9-17-15-6-7-19-21-20(26-22(2,3)27-21)11-13-24(19,5)18(15)10-12-23(16,17)4/h7-8,14-15,17-18,20-21,25H,6,9-13H2,1-5H3/t14?,15-,17-,18-,20-,21+,23+,24+/m0/s1. The van der Waals surface area contributed by atoms with Crippen molar-refractivity contribution in [3.63, 3.8) is 0 Å². The Morgan fingerprint density at radius 1 is 0.963 bits per heavy atom. The maximum Gasteiger partial charge on any atom is 0.164 e. The van der Waals surface area contributed by atoms with E-state index in [9.17, 15) is 5.11 Å². The summed E-state index contributed by atoms with van der Waals surface area (Å²) in [6, 6.07) is 0. The van der Waals surface area contributed by atoms with Gasteiger partial charge >= 0.3 is 0 Å². The SMILES string of the molecule is CC(O)C1=CC[C@H]2[C@@H]3CC=C4[C@H]5OC(C)(C)O[C@H]5CC[C@]4(C)[C@H]3CC[C@]12C. The van der Waals surface area contributed by atoms with Crippen LogP contribution < -0.4 is 0 Å². The molecule has 0 spiro atoms. The Bertz CT molecular complexity index is 704. The van der Waals surface area contributed by atoms with Crippen molar-refractivity contribution in [1.29, 1.82) is 0 Å². The van der Waals surface area contributed by atoms with Gasteiger partial charge in [0.15, 0.2) is 5.79 Å². The van der Waals surface area contributed by atoms with E-state index in [0.29, 0.717) is 5.92 Å². The van der Waals surface area contributed by atoms with E-state index in [0.717, 1.165) is 24.7 Å². The Morgan fingerprint density at radius 3 is 2.44 bits per heavy atom. The minimum absolute atomic E-state index is 0.155. The van der Waals surface area contributed by atoms with Gasteiger partial charge in [-0.05, 0) is 99.0 Å². The van der Waals surface area contributed by atoms with Gasteiger partial charge in [0.25, 0.3) is 0 Å². The van der Waals surface area contributed by atoms with Gasteiger partial charge in [-0.15, -0.1) is 0 Å². The summed E-state index contributed by atoms with van der Waals surface area (Å²) in [5.74, 6) is 1.71. The van der Waals surface area contributed by atoms with E-state index in [4.69, 9.17) is 9.47 Å². The summed E-state index contributed by atoms with van der Waals surface area (Å²) in [6.45, 7) is 11.0. The maximum absolute atomic E-state index is 10.3. The lowest BCUT2D eigenvalue weighted by Gasteiger charge is -2.58. The zero-order chi connectivity index (χ0) is 19.2. The Morgan fingerprint density at radius 2 is 1.70 bits per heavy atom. The number of allylic oxidation sites excluding steroid dienone is 2. The van der Waals surface area contributed by atoms with Crippen LogP contribution in [0.4, 0.5) is 0 Å². The molecule has 1 saturated heterocycles. The predicted molar refractivity (Wildman–Crippen MR) is 106 cm³/mol. The quantitative estimate of drug-likeness (QED) is 0.659. The lowest BCUT2D eigenvalue weighted by molar-refractivity contribution is -0.143. The van der Waals surface area contributed by atoms with Crippen LogP contribution in [0.2, 0.25) is 0 Å². The Kier molecular flexibility index (Phi) is 3.89. The van der Waals surface area contributed by atoms with Crippen molar-refractivity contribution in [3.05, 3.63) is 23.3 Å². The minimum Gasteiger partial charge on any atom is -0.389 e. The van der Waals surface area contributed by atoms with Crippen molar-refractivity contribution in [2.75, 3.05) is 0 Å². The van der Waals surface area contributed by atoms with Crippen LogP contribution in [0.3, 0.4) is 0 Å². The number of aliphatic hydroxyl groups is 1. The molecule has 0 aromatic heterocycles. The molecule has 0 radical (unpaired) electrons. The first kappa shape index (κ1) is 18.4. The summed E-state index contributed by atoms with van der Waals surface area (Å²) in [4.78, 5) is 0. The minimum atomic E-state index is -0.453. The average molecular weight is 373 g/mol. The largest absolute Gasteiger partial charge is 0.389 e. The van der Waals surface area contributed by atoms with Crippen LogP contribution in [-0.4, -0.2) is 29.2 Å². The molecular weight excluding hydrogens is 336 g/mol. The highest BCUT2D eigenvalue weighted by molar-refractivity contribution is 5.33. The first-order valence-electron chi connectivity index (χ1n) is 11.1. The Labute approximate surface area is 164 Å². The van der Waals surface area contributed by atoms with Gasteiger partial charge in [0, 0.05) is 0 Å². The number of hydrogen-bond donors (Lipinski definition) is 1. The van der Waals surface area contributed by atoms with Gasteiger partial charge in [-0.25, -0.2) is 0 Å². The first-order valence-corrected chi connectivity index (χ1v) is 11.1. The Hall–Kier alpha value is -0.640. The van der Waals surface area contributed by atoms with Gasteiger partial charge in [-0.2, -0.15) is 0 Å². The van der Waals surface area contributed by atoms with Crippen LogP contribution >= 0.6 is 0 Å². The topological polar surface area (TPSA) is 38.7 Å². The summed E-state index contributed by atoms with van der Waals surface area (Å²) in [5, 5.41) is 10.3. The van der Waals surface area contributed by atoms with Gasteiger partial charge in [-0.1, -0.05) is 26.0 Å². The molecule has 27 heavy (non-hydrogen) atoms. The third-order valence-corrected chi connectivity index (χ3v) is 9.05. The van der Waals surface area contributed by atoms with Crippen molar-refractivity contribution < 1.29 is 14.6 Å². The summed E-state index contributed by atoms with van der Waals surface area (Å²) in [7, 11) is 0. The highest BCUT2D eigenvalue weighted by Gasteiger charge is 2.60. The summed E-state index contributed by atoms with van der Waals surface area (Å²) < 4.78 is 12.6. The van der Waals surface area contributed by atoms with Crippen molar-refractivity contribution in [1.82, 2.24) is 0 Å². The second-order valence-electron chi connectivity index (χ2n) is 10.9. The van der Waals surface area contributed by atoms with Crippen molar-refractivity contribution >= 4 is 0 Å². The summed E-state index contributed by atoms with van der Waals surface area (Å²) in [6.07, 6.45) is 12.1. The molecule has 1 aliphatic heterocycles. The molecule has 150 valence electrons. The number of fused-ring (bicyclic) bond motifs is 7. The Balaban J connectivity index is 1.47. The number of ether oxygens (including phenoxy) is 2. The van der Waals surface area contributed by atoms with E-state index >= 15 is 0 Å². The normalized spacial score (nSPS) is 51.4. The molecular formula is C24H36O3. The molecule has 1 heterocycles. The van der Waals surface area contributed by atoms with Crippen LogP contribution in [0.1, 0.15) is 73.1 Å². The highest BCUT2D eigenvalue weighted by Crippen LogP contribution is 2.66. The molecule has 1 N–H and O–H groups in total. The van der Waals surface area contributed by atoms with Gasteiger partial charge in [0.05, 0.1) is 12.2 Å². The smallest absolute Gasteiger partial charge is 0.164 e.